The molecule has 0 heterocycles. The number of rotatable bonds is 9. The van der Waals surface area contributed by atoms with E-state index in [2.05, 4.69) is 16.6 Å². The van der Waals surface area contributed by atoms with E-state index in [0.29, 0.717) is 29.0 Å². The van der Waals surface area contributed by atoms with Crippen LogP contribution in [0.25, 0.3) is 0 Å². The van der Waals surface area contributed by atoms with Gasteiger partial charge in [0.2, 0.25) is 5.91 Å². The fraction of sp³-hybridized carbons (Fsp3) is 0.452. The van der Waals surface area contributed by atoms with Gasteiger partial charge in [-0.1, -0.05) is 42.3 Å². The number of ether oxygens (including phenoxy) is 1. The van der Waals surface area contributed by atoms with Crippen LogP contribution in [0.15, 0.2) is 48.5 Å². The van der Waals surface area contributed by atoms with Gasteiger partial charge in [-0.25, -0.2) is 4.79 Å². The van der Waals surface area contributed by atoms with Crippen LogP contribution in [0.2, 0.25) is 0 Å². The molecule has 0 bridgehead atoms. The summed E-state index contributed by atoms with van der Waals surface area (Å²) in [5.74, 6) is 2.47. The summed E-state index contributed by atoms with van der Waals surface area (Å²) < 4.78 is 5.45. The molecule has 2 aromatic carbocycles. The number of carbonyl (C=O) groups excluding carboxylic acids is 3. The minimum Gasteiger partial charge on any atom is -0.444 e. The van der Waals surface area contributed by atoms with E-state index in [1.54, 1.807) is 56.8 Å². The molecule has 7 nitrogen and oxygen atoms in total. The van der Waals surface area contributed by atoms with Crippen LogP contribution in [0.5, 0.6) is 0 Å². The van der Waals surface area contributed by atoms with E-state index in [1.165, 1.54) is 4.90 Å². The molecule has 3 amide bonds. The number of para-hydroxylation sites is 1. The molecular weight excluding hydrogens is 510 g/mol. The average Bonchev–Trinajstić information content (AvgIpc) is 2.84. The number of thioether (sulfide) groups is 1. The zero-order valence-electron chi connectivity index (χ0n) is 24.3. The topological polar surface area (TPSA) is 87.7 Å². The van der Waals surface area contributed by atoms with Crippen molar-refractivity contribution >= 4 is 35.4 Å². The van der Waals surface area contributed by atoms with E-state index < -0.39 is 41.1 Å². The van der Waals surface area contributed by atoms with Crippen LogP contribution in [0.3, 0.4) is 0 Å². The quantitative estimate of drug-likeness (QED) is 0.377. The number of hydrogen-bond donors (Lipinski definition) is 2. The van der Waals surface area contributed by atoms with Crippen molar-refractivity contribution in [2.24, 2.45) is 0 Å². The Balaban J connectivity index is 2.64. The van der Waals surface area contributed by atoms with Crippen molar-refractivity contribution in [2.75, 3.05) is 17.3 Å². The number of alkyl carbamates (subject to hydrolysis) is 1. The lowest BCUT2D eigenvalue weighted by atomic mass is 9.92. The summed E-state index contributed by atoms with van der Waals surface area (Å²) in [5, 5.41) is 5.76. The molecule has 0 radical (unpaired) electrons. The molecule has 2 rings (SSSR count). The number of amides is 3. The maximum absolute atomic E-state index is 14.4. The Kier molecular flexibility index (Phi) is 11.1. The zero-order chi connectivity index (χ0) is 29.4. The SMILES string of the molecule is C#Cc1ccccc1C(C(=O)Nc1ccccc1C)N(C(=O)C(CCSC)NC(=O)OC(C)(C)C)C(C)(C)C. The second kappa shape index (κ2) is 13.6. The highest BCUT2D eigenvalue weighted by Gasteiger charge is 2.42. The van der Waals surface area contributed by atoms with Gasteiger partial charge in [-0.15, -0.1) is 6.42 Å². The van der Waals surface area contributed by atoms with Crippen molar-refractivity contribution in [1.29, 1.82) is 0 Å². The normalized spacial score (nSPS) is 13.0. The van der Waals surface area contributed by atoms with Crippen molar-refractivity contribution in [2.45, 2.75) is 78.1 Å². The number of benzene rings is 2. The molecule has 210 valence electrons. The first-order valence-corrected chi connectivity index (χ1v) is 14.3. The summed E-state index contributed by atoms with van der Waals surface area (Å²) in [7, 11) is 0. The predicted octanol–water partition coefficient (Wildman–Crippen LogP) is 5.93. The molecule has 0 fully saturated rings. The molecule has 0 aliphatic rings. The Morgan fingerprint density at radius 3 is 2.21 bits per heavy atom. The predicted molar refractivity (Wildman–Crippen MR) is 160 cm³/mol. The van der Waals surface area contributed by atoms with Crippen LogP contribution in [0.1, 0.15) is 70.7 Å². The third-order valence-corrected chi connectivity index (χ3v) is 6.52. The van der Waals surface area contributed by atoms with Crippen LogP contribution in [0, 0.1) is 19.3 Å². The van der Waals surface area contributed by atoms with Crippen LogP contribution < -0.4 is 10.6 Å². The Hall–Kier alpha value is -3.44. The molecular formula is C31H41N3O4S. The standard InChI is InChI=1S/C31H41N3O4S/c1-10-22-16-12-13-17-23(22)26(27(35)32-24-18-14-11-15-21(24)2)34(30(3,4)5)28(36)25(19-20-39-9)33-29(37)38-31(6,7)8/h1,11-18,25-26H,19-20H2,2-9H3,(H,32,35)(H,33,37). The fourth-order valence-electron chi connectivity index (χ4n) is 4.13. The highest BCUT2D eigenvalue weighted by molar-refractivity contribution is 7.98. The second-order valence-electron chi connectivity index (χ2n) is 11.3. The van der Waals surface area contributed by atoms with Crippen molar-refractivity contribution < 1.29 is 19.1 Å². The fourth-order valence-corrected chi connectivity index (χ4v) is 4.61. The zero-order valence-corrected chi connectivity index (χ0v) is 25.1. The van der Waals surface area contributed by atoms with E-state index in [1.807, 2.05) is 58.2 Å². The van der Waals surface area contributed by atoms with E-state index in [-0.39, 0.29) is 0 Å². The van der Waals surface area contributed by atoms with Crippen LogP contribution in [-0.2, 0) is 14.3 Å². The van der Waals surface area contributed by atoms with Crippen LogP contribution in [-0.4, -0.2) is 52.0 Å². The number of terminal acetylenes is 1. The highest BCUT2D eigenvalue weighted by atomic mass is 32.2. The van der Waals surface area contributed by atoms with E-state index >= 15 is 0 Å². The Bertz CT molecular complexity index is 1210. The van der Waals surface area contributed by atoms with E-state index in [4.69, 9.17) is 11.2 Å². The van der Waals surface area contributed by atoms with Gasteiger partial charge in [0.25, 0.3) is 5.91 Å². The minimum absolute atomic E-state index is 0.356. The minimum atomic E-state index is -1.07. The van der Waals surface area contributed by atoms with Crippen molar-refractivity contribution in [3.05, 3.63) is 65.2 Å². The van der Waals surface area contributed by atoms with Gasteiger partial charge in [0, 0.05) is 16.8 Å². The van der Waals surface area contributed by atoms with Gasteiger partial charge in [0.15, 0.2) is 0 Å². The molecule has 8 heteroatoms. The first kappa shape index (κ1) is 31.8. The summed E-state index contributed by atoms with van der Waals surface area (Å²) in [6.07, 6.45) is 7.43. The summed E-state index contributed by atoms with van der Waals surface area (Å²) >= 11 is 1.56. The first-order valence-electron chi connectivity index (χ1n) is 12.9. The molecule has 0 aliphatic carbocycles. The van der Waals surface area contributed by atoms with Gasteiger partial charge in [-0.05, 0) is 90.2 Å². The maximum Gasteiger partial charge on any atom is 0.408 e. The van der Waals surface area contributed by atoms with Crippen molar-refractivity contribution in [3.8, 4) is 12.3 Å². The van der Waals surface area contributed by atoms with Crippen LogP contribution in [0.4, 0.5) is 10.5 Å². The lowest BCUT2D eigenvalue weighted by Crippen LogP contribution is -2.58. The third-order valence-electron chi connectivity index (χ3n) is 5.88. The van der Waals surface area contributed by atoms with E-state index in [0.717, 1.165) is 5.56 Å². The Morgan fingerprint density at radius 1 is 1.03 bits per heavy atom. The Labute approximate surface area is 237 Å². The van der Waals surface area contributed by atoms with Gasteiger partial charge in [-0.2, -0.15) is 11.8 Å². The lowest BCUT2D eigenvalue weighted by molar-refractivity contribution is -0.146. The number of nitrogens with one attached hydrogen (secondary N) is 2. The summed E-state index contributed by atoms with van der Waals surface area (Å²) in [6.45, 7) is 12.7. The van der Waals surface area contributed by atoms with Gasteiger partial charge in [0.1, 0.15) is 17.7 Å². The van der Waals surface area contributed by atoms with Crippen molar-refractivity contribution in [1.82, 2.24) is 10.2 Å². The Morgan fingerprint density at radius 2 is 1.64 bits per heavy atom. The highest BCUT2D eigenvalue weighted by Crippen LogP contribution is 2.33. The molecule has 2 aromatic rings. The van der Waals surface area contributed by atoms with Gasteiger partial charge in [0.05, 0.1) is 0 Å². The summed E-state index contributed by atoms with van der Waals surface area (Å²) in [5.41, 5.74) is 0.994. The molecule has 0 saturated heterocycles. The monoisotopic (exact) mass is 551 g/mol. The molecule has 0 saturated carbocycles. The largest absolute Gasteiger partial charge is 0.444 e. The number of aryl methyl sites for hydroxylation is 1. The summed E-state index contributed by atoms with van der Waals surface area (Å²) in [4.78, 5) is 42.7. The number of hydrogen-bond acceptors (Lipinski definition) is 5. The molecule has 2 N–H and O–H groups in total. The lowest BCUT2D eigenvalue weighted by Gasteiger charge is -2.43. The first-order chi connectivity index (χ1) is 18.2. The average molecular weight is 552 g/mol. The molecule has 0 aromatic heterocycles. The second-order valence-corrected chi connectivity index (χ2v) is 12.3. The molecule has 2 atom stereocenters. The van der Waals surface area contributed by atoms with E-state index in [9.17, 15) is 14.4 Å². The van der Waals surface area contributed by atoms with Crippen molar-refractivity contribution in [3.63, 3.8) is 0 Å². The van der Waals surface area contributed by atoms with Gasteiger partial charge < -0.3 is 20.3 Å². The smallest absolute Gasteiger partial charge is 0.408 e. The summed E-state index contributed by atoms with van der Waals surface area (Å²) in [6, 6.07) is 12.5. The van der Waals surface area contributed by atoms with Gasteiger partial charge in [-0.3, -0.25) is 9.59 Å². The number of anilines is 1. The maximum atomic E-state index is 14.4. The molecule has 39 heavy (non-hydrogen) atoms. The molecule has 2 unspecified atom stereocenters. The third kappa shape index (κ3) is 9.07. The van der Waals surface area contributed by atoms with Crippen LogP contribution >= 0.6 is 11.8 Å². The molecule has 0 spiro atoms. The number of carbonyl (C=O) groups is 3. The van der Waals surface area contributed by atoms with Gasteiger partial charge >= 0.3 is 6.09 Å². The number of nitrogens with zero attached hydrogens (tertiary/aromatic N) is 1. The molecule has 0 aliphatic heterocycles.